The summed E-state index contributed by atoms with van der Waals surface area (Å²) >= 11 is 6.52. The van der Waals surface area contributed by atoms with Crippen LogP contribution in [0.1, 0.15) is 34.6 Å². The summed E-state index contributed by atoms with van der Waals surface area (Å²) in [6.45, 7) is 0. The first kappa shape index (κ1) is 23.7. The van der Waals surface area contributed by atoms with Crippen molar-refractivity contribution >= 4 is 23.6 Å². The van der Waals surface area contributed by atoms with Gasteiger partial charge in [0, 0.05) is 15.8 Å². The number of hydrogen-bond acceptors (Lipinski definition) is 2. The van der Waals surface area contributed by atoms with Crippen molar-refractivity contribution in [2.24, 2.45) is 0 Å². The molecule has 1 aliphatic rings. The Morgan fingerprint density at radius 3 is 2.03 bits per heavy atom. The lowest BCUT2D eigenvalue weighted by molar-refractivity contribution is -0.137. The van der Waals surface area contributed by atoms with Crippen LogP contribution in [-0.2, 0) is 12.6 Å². The average molecular weight is 511 g/mol. The molecule has 0 bridgehead atoms. The van der Waals surface area contributed by atoms with Crippen LogP contribution >= 0.6 is 23.6 Å². The fraction of sp³-hybridized carbons (Fsp3) is 0.182. The monoisotopic (exact) mass is 510 g/mol. The van der Waals surface area contributed by atoms with Crippen LogP contribution in [0.25, 0.3) is 0 Å². The smallest absolute Gasteiger partial charge is 0.414 e. The van der Waals surface area contributed by atoms with E-state index in [1.807, 2.05) is 0 Å². The van der Waals surface area contributed by atoms with Gasteiger partial charge in [0.15, 0.2) is 0 Å². The van der Waals surface area contributed by atoms with Crippen molar-refractivity contribution in [3.05, 3.63) is 92.8 Å². The van der Waals surface area contributed by atoms with E-state index in [-0.39, 0.29) is 10.9 Å². The first-order valence-electron chi connectivity index (χ1n) is 9.34. The molecule has 1 unspecified atom stereocenters. The molecule has 0 saturated heterocycles. The van der Waals surface area contributed by atoms with E-state index in [9.17, 15) is 35.1 Å². The Balaban J connectivity index is 1.56. The molecule has 0 spiro atoms. The Hall–Kier alpha value is -2.46. The summed E-state index contributed by atoms with van der Waals surface area (Å²) < 4.78 is 111. The van der Waals surface area contributed by atoms with Crippen LogP contribution in [-0.4, -0.2) is 0 Å². The fourth-order valence-corrected chi connectivity index (χ4v) is 4.65. The maximum Gasteiger partial charge on any atom is 0.416 e. The molecule has 0 aliphatic heterocycles. The quantitative estimate of drug-likeness (QED) is 0.151. The lowest BCUT2D eigenvalue weighted by Gasteiger charge is -2.16. The summed E-state index contributed by atoms with van der Waals surface area (Å²) in [7, 11) is 0. The van der Waals surface area contributed by atoms with Gasteiger partial charge in [-0.1, -0.05) is 23.7 Å². The molecule has 0 amide bonds. The van der Waals surface area contributed by atoms with Crippen molar-refractivity contribution in [2.45, 2.75) is 29.8 Å². The molecular formula is C22H11ClF8OS. The Morgan fingerprint density at radius 1 is 0.818 bits per heavy atom. The minimum Gasteiger partial charge on any atom is -0.414 e. The van der Waals surface area contributed by atoms with Gasteiger partial charge < -0.3 is 4.18 Å². The number of aryl methyl sites for hydroxylation is 1. The summed E-state index contributed by atoms with van der Waals surface area (Å²) in [6, 6.07) is 7.94. The van der Waals surface area contributed by atoms with Crippen LogP contribution in [0.15, 0.2) is 41.3 Å². The normalized spacial score (nSPS) is 15.6. The molecule has 1 aliphatic carbocycles. The predicted molar refractivity (Wildman–Crippen MR) is 106 cm³/mol. The van der Waals surface area contributed by atoms with Crippen LogP contribution in [0, 0.1) is 29.1 Å². The van der Waals surface area contributed by atoms with E-state index in [0.29, 0.717) is 35.3 Å². The Morgan fingerprint density at radius 2 is 1.42 bits per heavy atom. The van der Waals surface area contributed by atoms with Crippen molar-refractivity contribution in [1.29, 1.82) is 0 Å². The van der Waals surface area contributed by atoms with Gasteiger partial charge in [-0.05, 0) is 53.8 Å². The van der Waals surface area contributed by atoms with Crippen LogP contribution in [0.5, 0.6) is 5.75 Å². The lowest BCUT2D eigenvalue weighted by atomic mass is 9.92. The number of hydrogen-bond donors (Lipinski definition) is 0. The van der Waals surface area contributed by atoms with E-state index in [1.165, 1.54) is 12.1 Å². The van der Waals surface area contributed by atoms with E-state index >= 15 is 0 Å². The second-order valence-electron chi connectivity index (χ2n) is 7.25. The van der Waals surface area contributed by atoms with Crippen LogP contribution in [0.2, 0.25) is 5.02 Å². The van der Waals surface area contributed by atoms with Gasteiger partial charge in [0.05, 0.1) is 17.6 Å². The highest BCUT2D eigenvalue weighted by Gasteiger charge is 2.33. The van der Waals surface area contributed by atoms with Gasteiger partial charge >= 0.3 is 6.18 Å². The second-order valence-corrected chi connectivity index (χ2v) is 8.46. The number of benzene rings is 3. The summed E-state index contributed by atoms with van der Waals surface area (Å²) in [4.78, 5) is 0.330. The molecule has 1 atom stereocenters. The molecule has 3 aromatic rings. The molecule has 3 aromatic carbocycles. The molecule has 174 valence electrons. The van der Waals surface area contributed by atoms with Crippen LogP contribution < -0.4 is 4.18 Å². The standard InChI is InChI=1S/C22H11ClF8OS/c23-15-8-10(22(29,30)31)2-5-14(15)13-4-1-9-7-11(3-6-12(9)13)33-32-21-19(27)17(25)16(24)18(26)20(21)28/h2-3,5-8,13H,1,4H2. The van der Waals surface area contributed by atoms with Crippen molar-refractivity contribution < 1.29 is 39.3 Å². The zero-order valence-electron chi connectivity index (χ0n) is 16.2. The molecule has 33 heavy (non-hydrogen) atoms. The maximum absolute atomic E-state index is 13.8. The Labute approximate surface area is 191 Å². The highest BCUT2D eigenvalue weighted by Crippen LogP contribution is 2.44. The number of fused-ring (bicyclic) bond motifs is 1. The molecule has 0 heterocycles. The highest BCUT2D eigenvalue weighted by atomic mass is 35.5. The summed E-state index contributed by atoms with van der Waals surface area (Å²) in [5, 5.41) is -0.0178. The van der Waals surface area contributed by atoms with E-state index < -0.39 is 46.6 Å². The largest absolute Gasteiger partial charge is 0.416 e. The number of rotatable bonds is 4. The van der Waals surface area contributed by atoms with Crippen molar-refractivity contribution in [1.82, 2.24) is 0 Å². The Bertz CT molecular complexity index is 1220. The third-order valence-electron chi connectivity index (χ3n) is 5.29. The molecule has 0 radical (unpaired) electrons. The zero-order chi connectivity index (χ0) is 24.1. The van der Waals surface area contributed by atoms with Crippen molar-refractivity contribution in [2.75, 3.05) is 0 Å². The first-order chi connectivity index (χ1) is 15.5. The molecule has 0 fully saturated rings. The summed E-state index contributed by atoms with van der Waals surface area (Å²) in [6.07, 6.45) is -3.42. The first-order valence-corrected chi connectivity index (χ1v) is 10.5. The van der Waals surface area contributed by atoms with Gasteiger partial charge in [-0.15, -0.1) is 0 Å². The van der Waals surface area contributed by atoms with E-state index in [4.69, 9.17) is 15.8 Å². The predicted octanol–water partition coefficient (Wildman–Crippen LogP) is 8.22. The van der Waals surface area contributed by atoms with E-state index in [1.54, 1.807) is 12.1 Å². The molecule has 11 heteroatoms. The van der Waals surface area contributed by atoms with Gasteiger partial charge in [-0.25, -0.2) is 13.2 Å². The topological polar surface area (TPSA) is 9.23 Å². The van der Waals surface area contributed by atoms with Gasteiger partial charge in [-0.2, -0.15) is 22.0 Å². The molecule has 1 nitrogen and oxygen atoms in total. The van der Waals surface area contributed by atoms with Crippen LogP contribution in [0.3, 0.4) is 0 Å². The van der Waals surface area contributed by atoms with Gasteiger partial charge in [0.1, 0.15) is 0 Å². The summed E-state index contributed by atoms with van der Waals surface area (Å²) in [5.74, 6) is -12.4. The molecule has 4 rings (SSSR count). The number of alkyl halides is 3. The SMILES string of the molecule is Fc1c(F)c(F)c(OSc2ccc3c(c2)CCC3c2ccc(C(F)(F)F)cc2Cl)c(F)c1F. The van der Waals surface area contributed by atoms with Gasteiger partial charge in [0.2, 0.25) is 34.8 Å². The molecule has 0 N–H and O–H groups in total. The maximum atomic E-state index is 13.8. The van der Waals surface area contributed by atoms with Gasteiger partial charge in [-0.3, -0.25) is 0 Å². The summed E-state index contributed by atoms with van der Waals surface area (Å²) in [5.41, 5.74) is 1.27. The average Bonchev–Trinajstić information content (AvgIpc) is 3.18. The molecule has 0 aromatic heterocycles. The third kappa shape index (κ3) is 4.38. The minimum atomic E-state index is -4.52. The molecule has 0 saturated carbocycles. The van der Waals surface area contributed by atoms with Gasteiger partial charge in [0.25, 0.3) is 0 Å². The zero-order valence-corrected chi connectivity index (χ0v) is 17.7. The van der Waals surface area contributed by atoms with Crippen molar-refractivity contribution in [3.63, 3.8) is 0 Å². The minimum absolute atomic E-state index is 0.0178. The fourth-order valence-electron chi connectivity index (χ4n) is 3.70. The Kier molecular flexibility index (Phi) is 6.26. The third-order valence-corrected chi connectivity index (χ3v) is 6.31. The lowest BCUT2D eigenvalue weighted by Crippen LogP contribution is -2.06. The second kappa shape index (κ2) is 8.72. The molecular weight excluding hydrogens is 500 g/mol. The van der Waals surface area contributed by atoms with E-state index in [0.717, 1.165) is 23.3 Å². The van der Waals surface area contributed by atoms with Crippen molar-refractivity contribution in [3.8, 4) is 5.75 Å². The van der Waals surface area contributed by atoms with E-state index in [2.05, 4.69) is 0 Å². The number of halogens is 9. The van der Waals surface area contributed by atoms with Crippen LogP contribution in [0.4, 0.5) is 35.1 Å². The highest BCUT2D eigenvalue weighted by molar-refractivity contribution is 7.95.